The minimum Gasteiger partial charge on any atom is -0.383 e. The van der Waals surface area contributed by atoms with Crippen LogP contribution in [-0.2, 0) is 9.84 Å². The van der Waals surface area contributed by atoms with Crippen molar-refractivity contribution in [3.63, 3.8) is 0 Å². The molecule has 1 aromatic rings. The van der Waals surface area contributed by atoms with Gasteiger partial charge in [0.25, 0.3) is 0 Å². The summed E-state index contributed by atoms with van der Waals surface area (Å²) >= 11 is 0. The van der Waals surface area contributed by atoms with Gasteiger partial charge in [-0.2, -0.15) is 0 Å². The van der Waals surface area contributed by atoms with Crippen LogP contribution in [0.4, 0.5) is 5.69 Å². The number of nitrogens with one attached hydrogen (secondary N) is 2. The van der Waals surface area contributed by atoms with E-state index in [-0.39, 0.29) is 5.75 Å². The predicted octanol–water partition coefficient (Wildman–Crippen LogP) is 1.11. The Morgan fingerprint density at radius 3 is 2.50 bits per heavy atom. The van der Waals surface area contributed by atoms with Crippen LogP contribution >= 0.6 is 0 Å². The molecule has 1 aromatic carbocycles. The number of hydrogen-bond acceptors (Lipinski definition) is 4. The minimum atomic E-state index is -3.15. The van der Waals surface area contributed by atoms with E-state index in [1.165, 1.54) is 0 Å². The topological polar surface area (TPSA) is 58.2 Å². The smallest absolute Gasteiger partial charge is 0.180 e. The number of rotatable bonds is 6. The number of anilines is 1. The highest BCUT2D eigenvalue weighted by atomic mass is 32.2. The van der Waals surface area contributed by atoms with E-state index >= 15 is 0 Å². The van der Waals surface area contributed by atoms with Crippen molar-refractivity contribution in [2.24, 2.45) is 0 Å². The molecule has 5 heteroatoms. The third-order valence-electron chi connectivity index (χ3n) is 2.29. The van der Waals surface area contributed by atoms with Crippen LogP contribution in [0.2, 0.25) is 0 Å². The molecule has 0 unspecified atom stereocenters. The van der Waals surface area contributed by atoms with Crippen molar-refractivity contribution in [2.45, 2.75) is 11.8 Å². The van der Waals surface area contributed by atoms with Crippen LogP contribution in [0.5, 0.6) is 0 Å². The van der Waals surface area contributed by atoms with Gasteiger partial charge >= 0.3 is 0 Å². The number of sulfone groups is 1. The van der Waals surface area contributed by atoms with Crippen LogP contribution in [0.25, 0.3) is 0 Å². The Bertz CT molecular complexity index is 429. The van der Waals surface area contributed by atoms with Crippen molar-refractivity contribution in [1.82, 2.24) is 5.32 Å². The lowest BCUT2D eigenvalue weighted by Crippen LogP contribution is -2.19. The molecule has 0 saturated carbocycles. The van der Waals surface area contributed by atoms with Crippen LogP contribution in [0.1, 0.15) is 6.92 Å². The van der Waals surface area contributed by atoms with Crippen LogP contribution in [-0.4, -0.2) is 34.3 Å². The lowest BCUT2D eigenvalue weighted by atomic mass is 10.3. The van der Waals surface area contributed by atoms with Gasteiger partial charge in [0.15, 0.2) is 9.84 Å². The highest BCUT2D eigenvalue weighted by molar-refractivity contribution is 7.91. The molecule has 0 atom stereocenters. The normalized spacial score (nSPS) is 11.4. The highest BCUT2D eigenvalue weighted by Gasteiger charge is 2.15. The van der Waals surface area contributed by atoms with E-state index in [0.717, 1.165) is 6.54 Å². The summed E-state index contributed by atoms with van der Waals surface area (Å²) in [6, 6.07) is 7.00. The highest BCUT2D eigenvalue weighted by Crippen LogP contribution is 2.21. The van der Waals surface area contributed by atoms with Crippen LogP contribution in [0.15, 0.2) is 29.2 Å². The average Bonchev–Trinajstić information content (AvgIpc) is 2.30. The summed E-state index contributed by atoms with van der Waals surface area (Å²) < 4.78 is 23.6. The Kier molecular flexibility index (Phi) is 4.76. The maximum atomic E-state index is 11.8. The lowest BCUT2D eigenvalue weighted by Gasteiger charge is -2.11. The number of hydrogen-bond donors (Lipinski definition) is 2. The first kappa shape index (κ1) is 13.0. The van der Waals surface area contributed by atoms with Crippen LogP contribution in [0.3, 0.4) is 0 Å². The molecule has 0 aliphatic heterocycles. The largest absolute Gasteiger partial charge is 0.383 e. The zero-order chi connectivity index (χ0) is 12.0. The number of benzene rings is 1. The van der Waals surface area contributed by atoms with Gasteiger partial charge in [0.1, 0.15) is 0 Å². The van der Waals surface area contributed by atoms with E-state index in [4.69, 9.17) is 0 Å². The first-order valence-electron chi connectivity index (χ1n) is 5.32. The second-order valence-corrected chi connectivity index (χ2v) is 5.68. The summed E-state index contributed by atoms with van der Waals surface area (Å²) in [6.45, 7) is 3.15. The molecule has 0 heterocycles. The Balaban J connectivity index is 2.92. The van der Waals surface area contributed by atoms with E-state index in [1.54, 1.807) is 25.1 Å². The second kappa shape index (κ2) is 5.86. The maximum Gasteiger partial charge on any atom is 0.180 e. The molecule has 0 radical (unpaired) electrons. The van der Waals surface area contributed by atoms with Crippen LogP contribution in [0, 0.1) is 0 Å². The third-order valence-corrected chi connectivity index (χ3v) is 4.08. The molecule has 2 N–H and O–H groups in total. The van der Waals surface area contributed by atoms with Gasteiger partial charge in [-0.15, -0.1) is 0 Å². The molecule has 0 spiro atoms. The molecule has 90 valence electrons. The van der Waals surface area contributed by atoms with E-state index in [2.05, 4.69) is 10.6 Å². The second-order valence-electron chi connectivity index (χ2n) is 3.43. The molecule has 0 aliphatic carbocycles. The fourth-order valence-electron chi connectivity index (χ4n) is 1.36. The quantitative estimate of drug-likeness (QED) is 0.734. The summed E-state index contributed by atoms with van der Waals surface area (Å²) in [7, 11) is -1.29. The average molecular weight is 242 g/mol. The van der Waals surface area contributed by atoms with E-state index in [1.807, 2.05) is 13.1 Å². The van der Waals surface area contributed by atoms with Crippen molar-refractivity contribution in [2.75, 3.05) is 31.2 Å². The third kappa shape index (κ3) is 3.21. The zero-order valence-corrected chi connectivity index (χ0v) is 10.5. The molecule has 1 rings (SSSR count). The first-order valence-corrected chi connectivity index (χ1v) is 6.97. The Morgan fingerprint density at radius 2 is 1.88 bits per heavy atom. The molecular weight excluding hydrogens is 224 g/mol. The molecule has 0 amide bonds. The van der Waals surface area contributed by atoms with Gasteiger partial charge in [-0.25, -0.2) is 8.42 Å². The molecule has 0 aliphatic rings. The predicted molar refractivity (Wildman–Crippen MR) is 66.6 cm³/mol. The van der Waals surface area contributed by atoms with Crippen LogP contribution < -0.4 is 10.6 Å². The van der Waals surface area contributed by atoms with Gasteiger partial charge in [-0.1, -0.05) is 19.1 Å². The van der Waals surface area contributed by atoms with Crippen molar-refractivity contribution >= 4 is 15.5 Å². The Labute approximate surface area is 97.0 Å². The number of para-hydroxylation sites is 1. The van der Waals surface area contributed by atoms with Gasteiger partial charge in [0.05, 0.1) is 16.3 Å². The van der Waals surface area contributed by atoms with Gasteiger partial charge in [-0.05, 0) is 19.2 Å². The summed E-state index contributed by atoms with van der Waals surface area (Å²) in [5.41, 5.74) is 0.680. The maximum absolute atomic E-state index is 11.8. The van der Waals surface area contributed by atoms with Crippen molar-refractivity contribution in [3.05, 3.63) is 24.3 Å². The van der Waals surface area contributed by atoms with Crippen molar-refractivity contribution in [3.8, 4) is 0 Å². The fourth-order valence-corrected chi connectivity index (χ4v) is 2.43. The molecule has 0 bridgehead atoms. The van der Waals surface area contributed by atoms with Gasteiger partial charge in [-0.3, -0.25) is 0 Å². The summed E-state index contributed by atoms with van der Waals surface area (Å²) in [4.78, 5) is 0.383. The molecule has 4 nitrogen and oxygen atoms in total. The Morgan fingerprint density at radius 1 is 1.19 bits per heavy atom. The van der Waals surface area contributed by atoms with Gasteiger partial charge < -0.3 is 10.6 Å². The fraction of sp³-hybridized carbons (Fsp3) is 0.455. The molecule has 16 heavy (non-hydrogen) atoms. The van der Waals surface area contributed by atoms with E-state index in [9.17, 15) is 8.42 Å². The number of likely N-dealkylation sites (N-methyl/N-ethyl adjacent to an activating group) is 1. The molecule has 0 fully saturated rings. The zero-order valence-electron chi connectivity index (χ0n) is 9.66. The Hall–Kier alpha value is -1.07. The molecule has 0 aromatic heterocycles. The SMILES string of the molecule is CCS(=O)(=O)c1ccccc1NCCNC. The minimum absolute atomic E-state index is 0.123. The summed E-state index contributed by atoms with van der Waals surface area (Å²) in [5.74, 6) is 0.123. The van der Waals surface area contributed by atoms with Gasteiger partial charge in [0.2, 0.25) is 0 Å². The van der Waals surface area contributed by atoms with E-state index < -0.39 is 9.84 Å². The van der Waals surface area contributed by atoms with Crippen molar-refractivity contribution < 1.29 is 8.42 Å². The molecular formula is C11H18N2O2S. The summed E-state index contributed by atoms with van der Waals surface area (Å²) in [5, 5.41) is 6.11. The monoisotopic (exact) mass is 242 g/mol. The first-order chi connectivity index (χ1) is 7.61. The van der Waals surface area contributed by atoms with E-state index in [0.29, 0.717) is 17.1 Å². The standard InChI is InChI=1S/C11H18N2O2S/c1-3-16(14,15)11-7-5-4-6-10(11)13-9-8-12-2/h4-7,12-13H,3,8-9H2,1-2H3. The van der Waals surface area contributed by atoms with Gasteiger partial charge in [0, 0.05) is 13.1 Å². The van der Waals surface area contributed by atoms with Crippen molar-refractivity contribution in [1.29, 1.82) is 0 Å². The summed E-state index contributed by atoms with van der Waals surface area (Å²) in [6.07, 6.45) is 0. The lowest BCUT2D eigenvalue weighted by molar-refractivity contribution is 0.597. The molecule has 0 saturated heterocycles.